The van der Waals surface area contributed by atoms with E-state index in [9.17, 15) is 22.8 Å². The highest BCUT2D eigenvalue weighted by atomic mass is 35.5. The number of carbonyl (C=O) groups is 2. The number of amides is 2. The highest BCUT2D eigenvalue weighted by Crippen LogP contribution is 2.35. The number of rotatable bonds is 6. The summed E-state index contributed by atoms with van der Waals surface area (Å²) in [5.41, 5.74) is -1.08. The zero-order valence-corrected chi connectivity index (χ0v) is 14.5. The van der Waals surface area contributed by atoms with Gasteiger partial charge in [0.05, 0.1) is 16.3 Å². The van der Waals surface area contributed by atoms with Gasteiger partial charge in [-0.05, 0) is 30.5 Å². The molecule has 0 aliphatic heterocycles. The fourth-order valence-electron chi connectivity index (χ4n) is 1.96. The minimum atomic E-state index is -4.57. The summed E-state index contributed by atoms with van der Waals surface area (Å²) in [6, 6.07) is 2.66. The molecule has 2 amide bonds. The minimum absolute atomic E-state index is 0.0341. The molecule has 1 aromatic carbocycles. The molecule has 24 heavy (non-hydrogen) atoms. The quantitative estimate of drug-likeness (QED) is 0.833. The van der Waals surface area contributed by atoms with E-state index in [0.717, 1.165) is 36.4 Å². The van der Waals surface area contributed by atoms with Gasteiger partial charge in [-0.1, -0.05) is 25.4 Å². The van der Waals surface area contributed by atoms with E-state index in [1.54, 1.807) is 0 Å². The molecule has 0 aliphatic rings. The summed E-state index contributed by atoms with van der Waals surface area (Å²) >= 11 is 5.92. The van der Waals surface area contributed by atoms with Crippen molar-refractivity contribution >= 4 is 29.1 Å². The predicted octanol–water partition coefficient (Wildman–Crippen LogP) is 3.87. The zero-order chi connectivity index (χ0) is 18.5. The molecule has 4 nitrogen and oxygen atoms in total. The van der Waals surface area contributed by atoms with Crippen molar-refractivity contribution in [1.82, 2.24) is 5.32 Å². The van der Waals surface area contributed by atoms with Crippen LogP contribution in [0.5, 0.6) is 0 Å². The minimum Gasteiger partial charge on any atom is -0.355 e. The molecular formula is C16H20ClF3N2O2. The SMILES string of the molecule is CC(=O)N(CC(=O)NCCC(C)C)c1cc(C(F)(F)F)ccc1Cl. The Morgan fingerprint density at radius 1 is 1.29 bits per heavy atom. The Morgan fingerprint density at radius 2 is 1.92 bits per heavy atom. The van der Waals surface area contributed by atoms with Crippen LogP contribution in [0, 0.1) is 5.92 Å². The smallest absolute Gasteiger partial charge is 0.355 e. The molecule has 1 aromatic rings. The van der Waals surface area contributed by atoms with Gasteiger partial charge in [0.15, 0.2) is 0 Å². The Morgan fingerprint density at radius 3 is 2.42 bits per heavy atom. The summed E-state index contributed by atoms with van der Waals surface area (Å²) in [7, 11) is 0. The fraction of sp³-hybridized carbons (Fsp3) is 0.500. The van der Waals surface area contributed by atoms with Crippen molar-refractivity contribution < 1.29 is 22.8 Å². The number of nitrogens with zero attached hydrogens (tertiary/aromatic N) is 1. The average Bonchev–Trinajstić information content (AvgIpc) is 2.43. The Hall–Kier alpha value is -1.76. The summed E-state index contributed by atoms with van der Waals surface area (Å²) in [5, 5.41) is 2.60. The van der Waals surface area contributed by atoms with Gasteiger partial charge in [-0.2, -0.15) is 13.2 Å². The standard InChI is InChI=1S/C16H20ClF3N2O2/c1-10(2)6-7-21-15(24)9-22(11(3)23)14-8-12(16(18,19)20)4-5-13(14)17/h4-5,8,10H,6-7,9H2,1-3H3,(H,21,24). The van der Waals surface area contributed by atoms with E-state index in [1.165, 1.54) is 0 Å². The van der Waals surface area contributed by atoms with Crippen LogP contribution in [0.2, 0.25) is 5.02 Å². The molecule has 1 rings (SSSR count). The molecule has 0 spiro atoms. The van der Waals surface area contributed by atoms with Crippen molar-refractivity contribution in [3.05, 3.63) is 28.8 Å². The molecular weight excluding hydrogens is 345 g/mol. The van der Waals surface area contributed by atoms with E-state index in [0.29, 0.717) is 12.5 Å². The maximum absolute atomic E-state index is 12.8. The monoisotopic (exact) mass is 364 g/mol. The van der Waals surface area contributed by atoms with Crippen LogP contribution in [0.15, 0.2) is 18.2 Å². The normalized spacial score (nSPS) is 11.5. The summed E-state index contributed by atoms with van der Waals surface area (Å²) in [5.74, 6) is -0.637. The van der Waals surface area contributed by atoms with Gasteiger partial charge in [-0.25, -0.2) is 0 Å². The molecule has 8 heteroatoms. The number of hydrogen-bond donors (Lipinski definition) is 1. The van der Waals surface area contributed by atoms with Gasteiger partial charge in [-0.3, -0.25) is 9.59 Å². The van der Waals surface area contributed by atoms with E-state index in [2.05, 4.69) is 5.32 Å². The summed E-state index contributed by atoms with van der Waals surface area (Å²) in [6.45, 7) is 5.19. The fourth-order valence-corrected chi connectivity index (χ4v) is 2.18. The van der Waals surface area contributed by atoms with Gasteiger partial charge >= 0.3 is 6.18 Å². The van der Waals surface area contributed by atoms with Crippen molar-refractivity contribution in [2.45, 2.75) is 33.4 Å². The Balaban J connectivity index is 2.96. The van der Waals surface area contributed by atoms with E-state index < -0.39 is 30.1 Å². The second-order valence-electron chi connectivity index (χ2n) is 5.80. The first-order valence-electron chi connectivity index (χ1n) is 7.44. The lowest BCUT2D eigenvalue weighted by Gasteiger charge is -2.23. The number of hydrogen-bond acceptors (Lipinski definition) is 2. The van der Waals surface area contributed by atoms with Crippen LogP contribution in [0.4, 0.5) is 18.9 Å². The van der Waals surface area contributed by atoms with Gasteiger partial charge in [0.25, 0.3) is 0 Å². The van der Waals surface area contributed by atoms with Crippen molar-refractivity contribution in [3.8, 4) is 0 Å². The first kappa shape index (κ1) is 20.3. The molecule has 1 N–H and O–H groups in total. The Kier molecular flexibility index (Phi) is 7.08. The van der Waals surface area contributed by atoms with Crippen LogP contribution in [0.25, 0.3) is 0 Å². The van der Waals surface area contributed by atoms with Crippen LogP contribution in [0.1, 0.15) is 32.8 Å². The predicted molar refractivity (Wildman–Crippen MR) is 86.9 cm³/mol. The number of anilines is 1. The van der Waals surface area contributed by atoms with E-state index >= 15 is 0 Å². The van der Waals surface area contributed by atoms with E-state index in [4.69, 9.17) is 11.6 Å². The van der Waals surface area contributed by atoms with E-state index in [1.807, 2.05) is 13.8 Å². The van der Waals surface area contributed by atoms with Gasteiger partial charge in [-0.15, -0.1) is 0 Å². The summed E-state index contributed by atoms with van der Waals surface area (Å²) in [4.78, 5) is 24.6. The molecule has 0 aliphatic carbocycles. The summed E-state index contributed by atoms with van der Waals surface area (Å²) in [6.07, 6.45) is -3.81. The first-order valence-corrected chi connectivity index (χ1v) is 7.81. The van der Waals surface area contributed by atoms with Crippen LogP contribution in [-0.4, -0.2) is 24.9 Å². The van der Waals surface area contributed by atoms with Gasteiger partial charge in [0.2, 0.25) is 11.8 Å². The lowest BCUT2D eigenvalue weighted by molar-refractivity contribution is -0.137. The average molecular weight is 365 g/mol. The molecule has 134 valence electrons. The molecule has 0 fully saturated rings. The lowest BCUT2D eigenvalue weighted by atomic mass is 10.1. The third-order valence-corrected chi connectivity index (χ3v) is 3.61. The molecule has 0 heterocycles. The number of carbonyl (C=O) groups excluding carboxylic acids is 2. The highest BCUT2D eigenvalue weighted by molar-refractivity contribution is 6.34. The third kappa shape index (κ3) is 6.03. The van der Waals surface area contributed by atoms with Gasteiger partial charge in [0.1, 0.15) is 6.54 Å². The second-order valence-corrected chi connectivity index (χ2v) is 6.21. The molecule has 0 saturated heterocycles. The largest absolute Gasteiger partial charge is 0.416 e. The number of nitrogens with one attached hydrogen (secondary N) is 1. The van der Waals surface area contributed by atoms with Crippen molar-refractivity contribution in [2.75, 3.05) is 18.0 Å². The summed E-state index contributed by atoms with van der Waals surface area (Å²) < 4.78 is 38.5. The second kappa shape index (κ2) is 8.37. The molecule has 0 unspecified atom stereocenters. The Labute approximate surface area is 144 Å². The van der Waals surface area contributed by atoms with Crippen LogP contribution >= 0.6 is 11.6 Å². The maximum Gasteiger partial charge on any atom is 0.416 e. The Bertz CT molecular complexity index is 603. The third-order valence-electron chi connectivity index (χ3n) is 3.29. The molecule has 0 saturated carbocycles. The number of alkyl halides is 3. The van der Waals surface area contributed by atoms with Crippen molar-refractivity contribution in [3.63, 3.8) is 0 Å². The van der Waals surface area contributed by atoms with Crippen LogP contribution in [0.3, 0.4) is 0 Å². The first-order chi connectivity index (χ1) is 11.0. The maximum atomic E-state index is 12.8. The van der Waals surface area contributed by atoms with Crippen molar-refractivity contribution in [1.29, 1.82) is 0 Å². The lowest BCUT2D eigenvalue weighted by Crippen LogP contribution is -2.40. The topological polar surface area (TPSA) is 49.4 Å². The van der Waals surface area contributed by atoms with Gasteiger partial charge in [0, 0.05) is 13.5 Å². The molecule has 0 bridgehead atoms. The van der Waals surface area contributed by atoms with Gasteiger partial charge < -0.3 is 10.2 Å². The molecule has 0 atom stereocenters. The molecule has 0 aromatic heterocycles. The highest BCUT2D eigenvalue weighted by Gasteiger charge is 2.32. The molecule has 0 radical (unpaired) electrons. The van der Waals surface area contributed by atoms with Crippen molar-refractivity contribution in [2.24, 2.45) is 5.92 Å². The zero-order valence-electron chi connectivity index (χ0n) is 13.7. The van der Waals surface area contributed by atoms with Crippen LogP contribution < -0.4 is 10.2 Å². The number of halogens is 4. The van der Waals surface area contributed by atoms with Crippen LogP contribution in [-0.2, 0) is 15.8 Å². The van der Waals surface area contributed by atoms with E-state index in [-0.39, 0.29) is 10.7 Å². The number of benzene rings is 1.